The molecule has 8 heteroatoms. The normalized spacial score (nSPS) is 16.0. The summed E-state index contributed by atoms with van der Waals surface area (Å²) < 4.78 is 5.46. The highest BCUT2D eigenvalue weighted by Gasteiger charge is 2.26. The number of urea groups is 1. The second kappa shape index (κ2) is 14.4. The van der Waals surface area contributed by atoms with E-state index in [9.17, 15) is 9.59 Å². The van der Waals surface area contributed by atoms with Crippen LogP contribution >= 0.6 is 11.3 Å². The smallest absolute Gasteiger partial charge is 0.318 e. The largest absolute Gasteiger partial charge is 0.379 e. The lowest BCUT2D eigenvalue weighted by Gasteiger charge is -2.29. The lowest BCUT2D eigenvalue weighted by molar-refractivity contribution is -0.122. The van der Waals surface area contributed by atoms with E-state index in [0.717, 1.165) is 43.2 Å². The minimum Gasteiger partial charge on any atom is -0.379 e. The van der Waals surface area contributed by atoms with Gasteiger partial charge in [0.15, 0.2) is 5.78 Å². The summed E-state index contributed by atoms with van der Waals surface area (Å²) in [5.74, 6) is 0.737. The summed E-state index contributed by atoms with van der Waals surface area (Å²) in [7, 11) is 1.76. The van der Waals surface area contributed by atoms with Gasteiger partial charge in [-0.15, -0.1) is 11.3 Å². The molecule has 0 radical (unpaired) electrons. The standard InChI is InChI=1S/C28H42N4O3S/c1-5-22(17-23-9-7-6-8-10-23)18-26(33)25(11-12-32-13-15-35-16-14-32)30-28(34)31(4)19-24-20-36-27(29-24)21(2)3/h6-10,20-22,25H,5,11-19H2,1-4H3,(H,30,34). The quantitative estimate of drug-likeness (QED) is 0.418. The average Bonchev–Trinajstić information content (AvgIpc) is 3.36. The molecule has 1 saturated heterocycles. The van der Waals surface area contributed by atoms with Crippen LogP contribution in [-0.4, -0.2) is 72.5 Å². The Morgan fingerprint density at radius 3 is 2.56 bits per heavy atom. The number of benzene rings is 1. The SMILES string of the molecule is CCC(CC(=O)C(CCN1CCOCC1)NC(=O)N(C)Cc1csc(C(C)C)n1)Cc1ccccc1. The number of rotatable bonds is 13. The number of amides is 2. The molecule has 1 aromatic carbocycles. The molecule has 0 saturated carbocycles. The van der Waals surface area contributed by atoms with Gasteiger partial charge in [0, 0.05) is 44.4 Å². The van der Waals surface area contributed by atoms with Gasteiger partial charge in [0.1, 0.15) is 0 Å². The van der Waals surface area contributed by atoms with Gasteiger partial charge in [-0.2, -0.15) is 0 Å². The molecule has 1 aromatic heterocycles. The number of Topliss-reactive ketones (excluding diaryl/α,β-unsaturated/α-hetero) is 1. The van der Waals surface area contributed by atoms with Crippen LogP contribution in [0.5, 0.6) is 0 Å². The van der Waals surface area contributed by atoms with Gasteiger partial charge in [-0.25, -0.2) is 9.78 Å². The molecule has 1 N–H and O–H groups in total. The molecular weight excluding hydrogens is 472 g/mol. The average molecular weight is 515 g/mol. The Morgan fingerprint density at radius 2 is 1.92 bits per heavy atom. The summed E-state index contributed by atoms with van der Waals surface area (Å²) in [6, 6.07) is 9.58. The van der Waals surface area contributed by atoms with E-state index in [0.29, 0.717) is 38.5 Å². The van der Waals surface area contributed by atoms with Crippen LogP contribution in [0.1, 0.15) is 62.2 Å². The number of carbonyl (C=O) groups excluding carboxylic acids is 2. The van der Waals surface area contributed by atoms with E-state index in [1.807, 2.05) is 23.6 Å². The monoisotopic (exact) mass is 514 g/mol. The Labute approximate surface area is 220 Å². The van der Waals surface area contributed by atoms with Gasteiger partial charge in [0.25, 0.3) is 0 Å². The van der Waals surface area contributed by atoms with Crippen molar-refractivity contribution in [2.75, 3.05) is 39.9 Å². The molecule has 2 amide bonds. The van der Waals surface area contributed by atoms with Crippen LogP contribution in [0.15, 0.2) is 35.7 Å². The molecule has 2 aromatic rings. The van der Waals surface area contributed by atoms with Crippen LogP contribution in [-0.2, 0) is 22.5 Å². The van der Waals surface area contributed by atoms with Gasteiger partial charge in [-0.1, -0.05) is 57.5 Å². The predicted molar refractivity (Wildman–Crippen MR) is 145 cm³/mol. The fourth-order valence-electron chi connectivity index (χ4n) is 4.42. The van der Waals surface area contributed by atoms with Gasteiger partial charge >= 0.3 is 6.03 Å². The molecule has 1 fully saturated rings. The van der Waals surface area contributed by atoms with E-state index in [1.54, 1.807) is 23.3 Å². The zero-order valence-electron chi connectivity index (χ0n) is 22.2. The van der Waals surface area contributed by atoms with Gasteiger partial charge in [0.2, 0.25) is 0 Å². The number of nitrogens with one attached hydrogen (secondary N) is 1. The Bertz CT molecular complexity index is 943. The Balaban J connectivity index is 1.62. The summed E-state index contributed by atoms with van der Waals surface area (Å²) in [5, 5.41) is 6.13. The predicted octanol–water partition coefficient (Wildman–Crippen LogP) is 4.73. The molecule has 36 heavy (non-hydrogen) atoms. The van der Waals surface area contributed by atoms with Crippen molar-refractivity contribution >= 4 is 23.2 Å². The first-order valence-electron chi connectivity index (χ1n) is 13.2. The summed E-state index contributed by atoms with van der Waals surface area (Å²) >= 11 is 1.62. The summed E-state index contributed by atoms with van der Waals surface area (Å²) in [5.41, 5.74) is 2.13. The van der Waals surface area contributed by atoms with E-state index in [1.165, 1.54) is 5.56 Å². The molecule has 1 aliphatic heterocycles. The van der Waals surface area contributed by atoms with E-state index >= 15 is 0 Å². The number of hydrogen-bond donors (Lipinski definition) is 1. The molecule has 1 aliphatic rings. The first-order chi connectivity index (χ1) is 17.4. The molecule has 7 nitrogen and oxygen atoms in total. The molecule has 0 aliphatic carbocycles. The highest BCUT2D eigenvalue weighted by molar-refractivity contribution is 7.09. The van der Waals surface area contributed by atoms with Crippen molar-refractivity contribution in [1.82, 2.24) is 20.1 Å². The van der Waals surface area contributed by atoms with Gasteiger partial charge in [0.05, 0.1) is 36.5 Å². The van der Waals surface area contributed by atoms with Crippen molar-refractivity contribution in [3.63, 3.8) is 0 Å². The molecule has 0 spiro atoms. The summed E-state index contributed by atoms with van der Waals surface area (Å²) in [4.78, 5) is 35.2. The maximum atomic E-state index is 13.5. The molecule has 3 rings (SSSR count). The fourth-order valence-corrected chi connectivity index (χ4v) is 5.25. The van der Waals surface area contributed by atoms with Crippen LogP contribution in [0.3, 0.4) is 0 Å². The van der Waals surface area contributed by atoms with E-state index in [-0.39, 0.29) is 17.7 Å². The van der Waals surface area contributed by atoms with E-state index in [2.05, 4.69) is 48.1 Å². The molecule has 2 atom stereocenters. The minimum absolute atomic E-state index is 0.114. The summed E-state index contributed by atoms with van der Waals surface area (Å²) in [6.07, 6.45) is 2.86. The van der Waals surface area contributed by atoms with Gasteiger partial charge < -0.3 is 15.0 Å². The second-order valence-corrected chi connectivity index (χ2v) is 11.0. The number of nitrogens with zero attached hydrogens (tertiary/aromatic N) is 3. The van der Waals surface area contributed by atoms with Crippen LogP contribution in [0.2, 0.25) is 0 Å². The van der Waals surface area contributed by atoms with Crippen molar-refractivity contribution in [1.29, 1.82) is 0 Å². The Morgan fingerprint density at radius 1 is 1.19 bits per heavy atom. The molecule has 198 valence electrons. The molecule has 2 heterocycles. The topological polar surface area (TPSA) is 74.8 Å². The number of hydrogen-bond acceptors (Lipinski definition) is 6. The second-order valence-electron chi connectivity index (χ2n) is 10.1. The number of ether oxygens (including phenoxy) is 1. The number of ketones is 1. The van der Waals surface area contributed by atoms with Gasteiger partial charge in [-0.3, -0.25) is 9.69 Å². The highest BCUT2D eigenvalue weighted by atomic mass is 32.1. The van der Waals surface area contributed by atoms with E-state index in [4.69, 9.17) is 4.74 Å². The maximum Gasteiger partial charge on any atom is 0.318 e. The molecular formula is C28H42N4O3S. The lowest BCUT2D eigenvalue weighted by Crippen LogP contribution is -2.48. The number of aromatic nitrogens is 1. The first-order valence-corrected chi connectivity index (χ1v) is 14.1. The lowest BCUT2D eigenvalue weighted by atomic mass is 9.89. The van der Waals surface area contributed by atoms with Gasteiger partial charge in [-0.05, 0) is 24.3 Å². The Kier molecular flexibility index (Phi) is 11.4. The maximum absolute atomic E-state index is 13.5. The van der Waals surface area contributed by atoms with E-state index < -0.39 is 6.04 Å². The van der Waals surface area contributed by atoms with Crippen molar-refractivity contribution in [2.24, 2.45) is 5.92 Å². The van der Waals surface area contributed by atoms with Crippen molar-refractivity contribution < 1.29 is 14.3 Å². The van der Waals surface area contributed by atoms with Crippen LogP contribution < -0.4 is 5.32 Å². The van der Waals surface area contributed by atoms with Crippen LogP contribution in [0.4, 0.5) is 4.79 Å². The highest BCUT2D eigenvalue weighted by Crippen LogP contribution is 2.20. The van der Waals surface area contributed by atoms with Crippen LogP contribution in [0, 0.1) is 5.92 Å². The van der Waals surface area contributed by atoms with Crippen molar-refractivity contribution in [2.45, 2.75) is 65.0 Å². The first kappa shape index (κ1) is 28.3. The third kappa shape index (κ3) is 8.98. The van der Waals surface area contributed by atoms with Crippen molar-refractivity contribution in [3.05, 3.63) is 52.0 Å². The Hall–Kier alpha value is -2.29. The zero-order chi connectivity index (χ0) is 25.9. The number of carbonyl (C=O) groups is 2. The minimum atomic E-state index is -0.505. The fraction of sp³-hybridized carbons (Fsp3) is 0.607. The molecule has 0 bridgehead atoms. The third-order valence-corrected chi connectivity index (χ3v) is 7.96. The number of thiazole rings is 1. The van der Waals surface area contributed by atoms with Crippen molar-refractivity contribution in [3.8, 4) is 0 Å². The third-order valence-electron chi connectivity index (χ3n) is 6.77. The summed E-state index contributed by atoms with van der Waals surface area (Å²) in [6.45, 7) is 10.7. The van der Waals surface area contributed by atoms with Crippen LogP contribution in [0.25, 0.3) is 0 Å². The molecule has 2 unspecified atom stereocenters. The zero-order valence-corrected chi connectivity index (χ0v) is 23.1. The number of morpholine rings is 1.